The molecule has 0 amide bonds. The minimum Gasteiger partial charge on any atom is -0.204 e. The molecule has 0 saturated heterocycles. The third kappa shape index (κ3) is 1.83. The summed E-state index contributed by atoms with van der Waals surface area (Å²) in [5.41, 5.74) is 0.607. The third-order valence-electron chi connectivity index (χ3n) is 2.19. The second-order valence-electron chi connectivity index (χ2n) is 3.17. The van der Waals surface area contributed by atoms with Crippen molar-refractivity contribution in [1.82, 2.24) is 20.6 Å². The van der Waals surface area contributed by atoms with Crippen molar-refractivity contribution in [2.45, 2.75) is 12.8 Å². The Morgan fingerprint density at radius 3 is 2.67 bits per heavy atom. The Morgan fingerprint density at radius 1 is 1.27 bits per heavy atom. The van der Waals surface area contributed by atoms with E-state index in [1.54, 1.807) is 6.92 Å². The number of aromatic amines is 1. The van der Waals surface area contributed by atoms with Gasteiger partial charge in [-0.05, 0) is 17.7 Å². The number of benzene rings is 1. The van der Waals surface area contributed by atoms with Crippen molar-refractivity contribution in [1.29, 1.82) is 0 Å². The molecule has 1 heterocycles. The SMILES string of the molecule is C[C@H](c1ccc(F)c(F)c1)c1nn[nH]n1. The second-order valence-corrected chi connectivity index (χ2v) is 3.17. The van der Waals surface area contributed by atoms with E-state index >= 15 is 0 Å². The number of halogens is 2. The lowest BCUT2D eigenvalue weighted by Crippen LogP contribution is -2.00. The molecule has 2 rings (SSSR count). The van der Waals surface area contributed by atoms with Crippen molar-refractivity contribution < 1.29 is 8.78 Å². The summed E-state index contributed by atoms with van der Waals surface area (Å²) in [5, 5.41) is 13.3. The van der Waals surface area contributed by atoms with Crippen LogP contribution >= 0.6 is 0 Å². The third-order valence-corrected chi connectivity index (χ3v) is 2.19. The number of rotatable bonds is 2. The van der Waals surface area contributed by atoms with Crippen molar-refractivity contribution in [2.24, 2.45) is 0 Å². The van der Waals surface area contributed by atoms with Crippen LogP contribution in [0.4, 0.5) is 8.78 Å². The van der Waals surface area contributed by atoms with E-state index < -0.39 is 11.6 Å². The van der Waals surface area contributed by atoms with E-state index in [1.807, 2.05) is 0 Å². The van der Waals surface area contributed by atoms with E-state index in [2.05, 4.69) is 20.6 Å². The van der Waals surface area contributed by atoms with Gasteiger partial charge in [0.05, 0.1) is 0 Å². The largest absolute Gasteiger partial charge is 0.204 e. The van der Waals surface area contributed by atoms with Crippen LogP contribution in [0.2, 0.25) is 0 Å². The Kier molecular flexibility index (Phi) is 2.40. The molecule has 1 aromatic carbocycles. The zero-order valence-electron chi connectivity index (χ0n) is 7.91. The maximum absolute atomic E-state index is 12.9. The first-order chi connectivity index (χ1) is 7.18. The van der Waals surface area contributed by atoms with Crippen molar-refractivity contribution in [3.8, 4) is 0 Å². The Morgan fingerprint density at radius 2 is 2.07 bits per heavy atom. The van der Waals surface area contributed by atoms with E-state index in [1.165, 1.54) is 6.07 Å². The quantitative estimate of drug-likeness (QED) is 0.819. The number of tetrazole rings is 1. The van der Waals surface area contributed by atoms with Crippen LogP contribution in [0.3, 0.4) is 0 Å². The highest BCUT2D eigenvalue weighted by molar-refractivity contribution is 5.25. The normalized spacial score (nSPS) is 12.7. The van der Waals surface area contributed by atoms with Gasteiger partial charge in [-0.15, -0.1) is 10.2 Å². The summed E-state index contributed by atoms with van der Waals surface area (Å²) in [6, 6.07) is 3.72. The number of nitrogens with one attached hydrogen (secondary N) is 1. The summed E-state index contributed by atoms with van der Waals surface area (Å²) in [5.74, 6) is -1.51. The van der Waals surface area contributed by atoms with Crippen LogP contribution in [-0.4, -0.2) is 20.6 Å². The summed E-state index contributed by atoms with van der Waals surface area (Å²) in [6.45, 7) is 1.79. The summed E-state index contributed by atoms with van der Waals surface area (Å²) in [4.78, 5) is 0. The minimum atomic E-state index is -0.872. The molecule has 6 heteroatoms. The van der Waals surface area contributed by atoms with Gasteiger partial charge in [-0.2, -0.15) is 5.21 Å². The molecule has 1 N–H and O–H groups in total. The topological polar surface area (TPSA) is 54.5 Å². The maximum atomic E-state index is 12.9. The highest BCUT2D eigenvalue weighted by Gasteiger charge is 2.14. The van der Waals surface area contributed by atoms with Gasteiger partial charge in [0, 0.05) is 5.92 Å². The Labute approximate surface area is 84.3 Å². The van der Waals surface area contributed by atoms with Gasteiger partial charge in [0.15, 0.2) is 17.5 Å². The van der Waals surface area contributed by atoms with Crippen molar-refractivity contribution in [3.05, 3.63) is 41.2 Å². The van der Waals surface area contributed by atoms with E-state index in [0.29, 0.717) is 11.4 Å². The van der Waals surface area contributed by atoms with E-state index in [0.717, 1.165) is 12.1 Å². The standard InChI is InChI=1S/C9H8F2N4/c1-5(9-12-14-15-13-9)6-2-3-7(10)8(11)4-6/h2-5H,1H3,(H,12,13,14,15)/t5-/m1/s1. The maximum Gasteiger partial charge on any atom is 0.181 e. The second kappa shape index (κ2) is 3.72. The Bertz CT molecular complexity index is 455. The molecule has 0 bridgehead atoms. The Hall–Kier alpha value is -1.85. The van der Waals surface area contributed by atoms with E-state index in [9.17, 15) is 8.78 Å². The molecule has 15 heavy (non-hydrogen) atoms. The predicted molar refractivity (Wildman–Crippen MR) is 48.1 cm³/mol. The lowest BCUT2D eigenvalue weighted by molar-refractivity contribution is 0.506. The van der Waals surface area contributed by atoms with Gasteiger partial charge >= 0.3 is 0 Å². The van der Waals surface area contributed by atoms with Crippen LogP contribution in [-0.2, 0) is 0 Å². The molecular formula is C9H8F2N4. The van der Waals surface area contributed by atoms with Gasteiger partial charge in [0.1, 0.15) is 0 Å². The fraction of sp³-hybridized carbons (Fsp3) is 0.222. The first-order valence-corrected chi connectivity index (χ1v) is 4.37. The smallest absolute Gasteiger partial charge is 0.181 e. The number of aromatic nitrogens is 4. The molecule has 0 aliphatic rings. The van der Waals surface area contributed by atoms with E-state index in [-0.39, 0.29) is 5.92 Å². The number of nitrogens with zero attached hydrogens (tertiary/aromatic N) is 3. The molecular weight excluding hydrogens is 202 g/mol. The molecule has 0 fully saturated rings. The van der Waals surface area contributed by atoms with Crippen LogP contribution in [0.5, 0.6) is 0 Å². The summed E-state index contributed by atoms with van der Waals surface area (Å²) in [7, 11) is 0. The summed E-state index contributed by atoms with van der Waals surface area (Å²) < 4.78 is 25.6. The summed E-state index contributed by atoms with van der Waals surface area (Å²) >= 11 is 0. The average molecular weight is 210 g/mol. The lowest BCUT2D eigenvalue weighted by atomic mass is 10.0. The van der Waals surface area contributed by atoms with Gasteiger partial charge in [-0.25, -0.2) is 8.78 Å². The van der Waals surface area contributed by atoms with E-state index in [4.69, 9.17) is 0 Å². The molecule has 1 aromatic heterocycles. The van der Waals surface area contributed by atoms with Crippen LogP contribution in [0, 0.1) is 11.6 Å². The molecule has 0 unspecified atom stereocenters. The average Bonchev–Trinajstić information content (AvgIpc) is 2.74. The fourth-order valence-electron chi connectivity index (χ4n) is 1.28. The highest BCUT2D eigenvalue weighted by Crippen LogP contribution is 2.21. The molecule has 0 radical (unpaired) electrons. The Balaban J connectivity index is 2.34. The van der Waals surface area contributed by atoms with Crippen LogP contribution in [0.1, 0.15) is 24.2 Å². The van der Waals surface area contributed by atoms with Crippen molar-refractivity contribution in [3.63, 3.8) is 0 Å². The summed E-state index contributed by atoms with van der Waals surface area (Å²) in [6.07, 6.45) is 0. The monoisotopic (exact) mass is 210 g/mol. The molecule has 4 nitrogen and oxygen atoms in total. The molecule has 78 valence electrons. The van der Waals surface area contributed by atoms with Crippen LogP contribution < -0.4 is 0 Å². The molecule has 0 saturated carbocycles. The molecule has 0 spiro atoms. The molecule has 0 aliphatic carbocycles. The number of H-pyrrole nitrogens is 1. The van der Waals surface area contributed by atoms with Crippen LogP contribution in [0.15, 0.2) is 18.2 Å². The van der Waals surface area contributed by atoms with Crippen molar-refractivity contribution in [2.75, 3.05) is 0 Å². The first-order valence-electron chi connectivity index (χ1n) is 4.37. The predicted octanol–water partition coefficient (Wildman–Crippen LogP) is 1.63. The lowest BCUT2D eigenvalue weighted by Gasteiger charge is -2.06. The number of hydrogen-bond acceptors (Lipinski definition) is 3. The van der Waals surface area contributed by atoms with Crippen molar-refractivity contribution >= 4 is 0 Å². The highest BCUT2D eigenvalue weighted by atomic mass is 19.2. The molecule has 1 atom stereocenters. The zero-order chi connectivity index (χ0) is 10.8. The minimum absolute atomic E-state index is 0.223. The van der Waals surface area contributed by atoms with Gasteiger partial charge in [-0.3, -0.25) is 0 Å². The van der Waals surface area contributed by atoms with Gasteiger partial charge < -0.3 is 0 Å². The zero-order valence-corrected chi connectivity index (χ0v) is 7.91. The van der Waals surface area contributed by atoms with Gasteiger partial charge in [0.2, 0.25) is 0 Å². The van der Waals surface area contributed by atoms with Crippen LogP contribution in [0.25, 0.3) is 0 Å². The van der Waals surface area contributed by atoms with Gasteiger partial charge in [0.25, 0.3) is 0 Å². The van der Waals surface area contributed by atoms with Gasteiger partial charge in [-0.1, -0.05) is 18.2 Å². The molecule has 0 aliphatic heterocycles. The number of hydrogen-bond donors (Lipinski definition) is 1. The first kappa shape index (κ1) is 9.70. The molecule has 2 aromatic rings. The fourth-order valence-corrected chi connectivity index (χ4v) is 1.28.